The zero-order valence-corrected chi connectivity index (χ0v) is 14.4. The van der Waals surface area contributed by atoms with E-state index in [1.807, 2.05) is 42.5 Å². The molecule has 1 fully saturated rings. The first-order chi connectivity index (χ1) is 12.6. The van der Waals surface area contributed by atoms with Crippen molar-refractivity contribution in [2.75, 3.05) is 12.4 Å². The molecule has 6 nitrogen and oxygen atoms in total. The molecule has 0 unspecified atom stereocenters. The number of carbonyl (C=O) groups excluding carboxylic acids is 1. The van der Waals surface area contributed by atoms with Gasteiger partial charge in [-0.3, -0.25) is 9.89 Å². The van der Waals surface area contributed by atoms with Crippen LogP contribution in [0.15, 0.2) is 60.9 Å². The van der Waals surface area contributed by atoms with Gasteiger partial charge in [0.05, 0.1) is 13.3 Å². The monoisotopic (exact) mass is 348 g/mol. The minimum atomic E-state index is -0.863. The molecule has 1 aliphatic carbocycles. The van der Waals surface area contributed by atoms with Gasteiger partial charge in [-0.25, -0.2) is 0 Å². The number of methoxy groups -OCH3 is 1. The molecule has 6 heteroatoms. The number of ether oxygens (including phenoxy) is 1. The van der Waals surface area contributed by atoms with E-state index in [9.17, 15) is 4.79 Å². The third-order valence-corrected chi connectivity index (χ3v) is 4.90. The number of carbonyl (C=O) groups is 1. The van der Waals surface area contributed by atoms with Gasteiger partial charge in [0.1, 0.15) is 11.3 Å². The predicted octanol–water partition coefficient (Wildman–Crippen LogP) is 2.91. The highest BCUT2D eigenvalue weighted by Gasteiger charge is 2.57. The molecule has 1 amide bonds. The summed E-state index contributed by atoms with van der Waals surface area (Å²) in [7, 11) is 1.60. The maximum absolute atomic E-state index is 12.7. The Morgan fingerprint density at radius 2 is 2.12 bits per heavy atom. The molecule has 26 heavy (non-hydrogen) atoms. The average molecular weight is 348 g/mol. The lowest BCUT2D eigenvalue weighted by Gasteiger charge is -2.14. The lowest BCUT2D eigenvalue weighted by Crippen LogP contribution is -2.39. The first kappa shape index (κ1) is 16.4. The van der Waals surface area contributed by atoms with Crippen LogP contribution in [0.2, 0.25) is 0 Å². The summed E-state index contributed by atoms with van der Waals surface area (Å²) in [6.45, 7) is 0. The molecule has 132 valence electrons. The van der Waals surface area contributed by atoms with Crippen LogP contribution < -0.4 is 15.8 Å². The molecule has 1 aromatic heterocycles. The largest absolute Gasteiger partial charge is 0.496 e. The van der Waals surface area contributed by atoms with Gasteiger partial charge >= 0.3 is 0 Å². The molecule has 1 aliphatic rings. The Kier molecular flexibility index (Phi) is 3.97. The number of H-pyrrole nitrogens is 1. The van der Waals surface area contributed by atoms with Crippen molar-refractivity contribution in [3.05, 3.63) is 66.5 Å². The first-order valence-corrected chi connectivity index (χ1v) is 8.44. The number of nitrogens with zero attached hydrogens (tertiary/aromatic N) is 1. The Hall–Kier alpha value is -3.12. The molecular weight excluding hydrogens is 328 g/mol. The molecule has 1 heterocycles. The van der Waals surface area contributed by atoms with E-state index in [4.69, 9.17) is 10.5 Å². The summed E-state index contributed by atoms with van der Waals surface area (Å²) < 4.78 is 5.46. The average Bonchev–Trinajstić information content (AvgIpc) is 3.10. The third-order valence-electron chi connectivity index (χ3n) is 4.90. The summed E-state index contributed by atoms with van der Waals surface area (Å²) in [6.07, 6.45) is 4.16. The van der Waals surface area contributed by atoms with Crippen LogP contribution in [0.5, 0.6) is 5.75 Å². The lowest BCUT2D eigenvalue weighted by molar-refractivity contribution is -0.118. The summed E-state index contributed by atoms with van der Waals surface area (Å²) in [5, 5.41) is 9.66. The Morgan fingerprint density at radius 1 is 1.31 bits per heavy atom. The summed E-state index contributed by atoms with van der Waals surface area (Å²) in [6, 6.07) is 15.4. The molecule has 0 bridgehead atoms. The Bertz CT molecular complexity index is 924. The van der Waals surface area contributed by atoms with Gasteiger partial charge < -0.3 is 15.8 Å². The number of rotatable bonds is 5. The van der Waals surface area contributed by atoms with Gasteiger partial charge in [-0.15, -0.1) is 0 Å². The van der Waals surface area contributed by atoms with Crippen LogP contribution in [0.1, 0.15) is 17.9 Å². The van der Waals surface area contributed by atoms with Crippen LogP contribution in [-0.2, 0) is 4.79 Å². The molecule has 2 aromatic carbocycles. The van der Waals surface area contributed by atoms with Crippen molar-refractivity contribution in [1.82, 2.24) is 10.2 Å². The Morgan fingerprint density at radius 3 is 2.81 bits per heavy atom. The first-order valence-electron chi connectivity index (χ1n) is 8.44. The lowest BCUT2D eigenvalue weighted by atomic mass is 10.1. The quantitative estimate of drug-likeness (QED) is 0.661. The minimum absolute atomic E-state index is 0.0517. The molecule has 0 spiro atoms. The molecule has 0 saturated heterocycles. The molecule has 4 N–H and O–H groups in total. The highest BCUT2D eigenvalue weighted by Crippen LogP contribution is 2.50. The Labute approximate surface area is 151 Å². The van der Waals surface area contributed by atoms with E-state index in [1.165, 1.54) is 0 Å². The predicted molar refractivity (Wildman–Crippen MR) is 99.9 cm³/mol. The van der Waals surface area contributed by atoms with E-state index < -0.39 is 5.54 Å². The van der Waals surface area contributed by atoms with Crippen molar-refractivity contribution in [2.45, 2.75) is 17.9 Å². The van der Waals surface area contributed by atoms with Crippen molar-refractivity contribution in [2.24, 2.45) is 5.73 Å². The second-order valence-electron chi connectivity index (χ2n) is 6.56. The highest BCUT2D eigenvalue weighted by atomic mass is 16.5. The number of hydrogen-bond donors (Lipinski definition) is 3. The van der Waals surface area contributed by atoms with Gasteiger partial charge in [-0.05, 0) is 24.1 Å². The smallest absolute Gasteiger partial charge is 0.245 e. The van der Waals surface area contributed by atoms with Crippen molar-refractivity contribution < 1.29 is 9.53 Å². The van der Waals surface area contributed by atoms with E-state index in [0.717, 1.165) is 16.7 Å². The zero-order chi connectivity index (χ0) is 18.1. The van der Waals surface area contributed by atoms with E-state index in [1.54, 1.807) is 25.6 Å². The molecule has 4 rings (SSSR count). The molecule has 3 aromatic rings. The fraction of sp³-hybridized carbons (Fsp3) is 0.200. The van der Waals surface area contributed by atoms with Crippen LogP contribution in [0, 0.1) is 0 Å². The standard InChI is InChI=1S/C20H20N4O2/c1-26-18-9-15(7-8-16(18)14-11-22-23-12-14)24-19(25)20(21)10-17(20)13-5-3-2-4-6-13/h2-9,11-12,17H,10,21H2,1H3,(H,22,23)(H,24,25)/t17-,20+/m0/s1. The maximum Gasteiger partial charge on any atom is 0.245 e. The van der Waals surface area contributed by atoms with Crippen LogP contribution in [0.25, 0.3) is 11.1 Å². The number of hydrogen-bond acceptors (Lipinski definition) is 4. The number of anilines is 1. The molecule has 1 saturated carbocycles. The highest BCUT2D eigenvalue weighted by molar-refractivity contribution is 6.02. The number of nitrogens with one attached hydrogen (secondary N) is 2. The van der Waals surface area contributed by atoms with Gasteiger partial charge in [-0.2, -0.15) is 5.10 Å². The van der Waals surface area contributed by atoms with E-state index in [2.05, 4.69) is 15.5 Å². The number of aromatic amines is 1. The van der Waals surface area contributed by atoms with E-state index in [-0.39, 0.29) is 11.8 Å². The summed E-state index contributed by atoms with van der Waals surface area (Å²) in [5.41, 5.74) is 9.04. The molecule has 2 atom stereocenters. The maximum atomic E-state index is 12.7. The van der Waals surface area contributed by atoms with Crippen molar-refractivity contribution in [1.29, 1.82) is 0 Å². The second-order valence-corrected chi connectivity index (χ2v) is 6.56. The fourth-order valence-electron chi connectivity index (χ4n) is 3.28. The van der Waals surface area contributed by atoms with Gasteiger partial charge in [0.25, 0.3) is 0 Å². The minimum Gasteiger partial charge on any atom is -0.496 e. The van der Waals surface area contributed by atoms with E-state index >= 15 is 0 Å². The van der Waals surface area contributed by atoms with Crippen LogP contribution in [-0.4, -0.2) is 28.8 Å². The number of amides is 1. The van der Waals surface area contributed by atoms with Crippen molar-refractivity contribution in [3.63, 3.8) is 0 Å². The van der Waals surface area contributed by atoms with Crippen molar-refractivity contribution in [3.8, 4) is 16.9 Å². The van der Waals surface area contributed by atoms with Gasteiger partial charge in [0.15, 0.2) is 0 Å². The molecule has 0 aliphatic heterocycles. The van der Waals surface area contributed by atoms with Gasteiger partial charge in [0, 0.05) is 35.0 Å². The fourth-order valence-corrected chi connectivity index (χ4v) is 3.28. The molecular formula is C20H20N4O2. The SMILES string of the molecule is COc1cc(NC(=O)[C@@]2(N)C[C@H]2c2ccccc2)ccc1-c1cn[nH]c1. The summed E-state index contributed by atoms with van der Waals surface area (Å²) >= 11 is 0. The van der Waals surface area contributed by atoms with Crippen molar-refractivity contribution >= 4 is 11.6 Å². The van der Waals surface area contributed by atoms with Crippen LogP contribution in [0.3, 0.4) is 0 Å². The number of aromatic nitrogens is 2. The third kappa shape index (κ3) is 2.84. The number of nitrogens with two attached hydrogens (primary N) is 1. The summed E-state index contributed by atoms with van der Waals surface area (Å²) in [4.78, 5) is 12.7. The topological polar surface area (TPSA) is 93.0 Å². The number of benzene rings is 2. The molecule has 0 radical (unpaired) electrons. The Balaban J connectivity index is 1.52. The zero-order valence-electron chi connectivity index (χ0n) is 14.4. The van der Waals surface area contributed by atoms with Crippen LogP contribution in [0.4, 0.5) is 5.69 Å². The normalized spacial score (nSPS) is 21.2. The summed E-state index contributed by atoms with van der Waals surface area (Å²) in [5.74, 6) is 0.533. The van der Waals surface area contributed by atoms with Gasteiger partial charge in [0.2, 0.25) is 5.91 Å². The van der Waals surface area contributed by atoms with Gasteiger partial charge in [-0.1, -0.05) is 30.3 Å². The van der Waals surface area contributed by atoms with Crippen LogP contribution >= 0.6 is 0 Å². The second kappa shape index (κ2) is 6.31. The van der Waals surface area contributed by atoms with E-state index in [0.29, 0.717) is 17.9 Å².